The molecular weight excluding hydrogens is 309 g/mol. The minimum atomic E-state index is -0.874. The van der Waals surface area contributed by atoms with E-state index in [1.54, 1.807) is 0 Å². The average Bonchev–Trinajstić information content (AvgIpc) is 2.47. The molecule has 2 atom stereocenters. The maximum atomic E-state index is 13.6. The van der Waals surface area contributed by atoms with E-state index in [0.717, 1.165) is 25.3 Å². The van der Waals surface area contributed by atoms with Crippen molar-refractivity contribution in [2.75, 3.05) is 6.61 Å². The van der Waals surface area contributed by atoms with E-state index < -0.39 is 18.4 Å². The number of ether oxygens (including phenoxy) is 1. The summed E-state index contributed by atoms with van der Waals surface area (Å²) in [5.74, 6) is -1.58. The topological polar surface area (TPSA) is 55.4 Å². The van der Waals surface area contributed by atoms with Gasteiger partial charge in [-0.15, -0.1) is 0 Å². The Morgan fingerprint density at radius 1 is 1.36 bits per heavy atom. The first-order chi connectivity index (χ1) is 10.5. The summed E-state index contributed by atoms with van der Waals surface area (Å²) in [6, 6.07) is 3.78. The van der Waals surface area contributed by atoms with Crippen LogP contribution in [-0.4, -0.2) is 24.5 Å². The summed E-state index contributed by atoms with van der Waals surface area (Å²) in [5.41, 5.74) is -0.233. The van der Waals surface area contributed by atoms with Gasteiger partial charge >= 0.3 is 5.97 Å². The van der Waals surface area contributed by atoms with E-state index in [1.165, 1.54) is 18.6 Å². The van der Waals surface area contributed by atoms with Crippen molar-refractivity contribution in [1.29, 1.82) is 0 Å². The Labute approximate surface area is 134 Å². The van der Waals surface area contributed by atoms with Crippen LogP contribution in [0.3, 0.4) is 0 Å². The predicted molar refractivity (Wildman–Crippen MR) is 81.3 cm³/mol. The van der Waals surface area contributed by atoms with Crippen molar-refractivity contribution >= 4 is 23.5 Å². The highest BCUT2D eigenvalue weighted by Gasteiger charge is 2.23. The standard InChI is InChI=1S/C16H19ClFNO3/c1-10-4-2-3-5-14(10)19-15(20)9-22-16(21)12-7-6-11(17)8-13(12)18/h6-8,10,14H,2-5,9H2,1H3,(H,19,20)/t10-,14-/m0/s1. The van der Waals surface area contributed by atoms with Crippen LogP contribution in [-0.2, 0) is 9.53 Å². The van der Waals surface area contributed by atoms with Crippen molar-refractivity contribution in [3.63, 3.8) is 0 Å². The van der Waals surface area contributed by atoms with Crippen LogP contribution < -0.4 is 5.32 Å². The maximum absolute atomic E-state index is 13.6. The lowest BCUT2D eigenvalue weighted by Crippen LogP contribution is -2.42. The minimum absolute atomic E-state index is 0.118. The fraction of sp³-hybridized carbons (Fsp3) is 0.500. The number of rotatable bonds is 4. The van der Waals surface area contributed by atoms with E-state index in [-0.39, 0.29) is 22.5 Å². The Morgan fingerprint density at radius 2 is 2.09 bits per heavy atom. The Kier molecular flexibility index (Phi) is 5.77. The van der Waals surface area contributed by atoms with Crippen LogP contribution in [0.1, 0.15) is 43.0 Å². The SMILES string of the molecule is C[C@H]1CCCC[C@@H]1NC(=O)COC(=O)c1ccc(Cl)cc1F. The number of halogens is 2. The first-order valence-electron chi connectivity index (χ1n) is 7.39. The van der Waals surface area contributed by atoms with Gasteiger partial charge < -0.3 is 10.1 Å². The second-order valence-corrected chi connectivity index (χ2v) is 6.07. The lowest BCUT2D eigenvalue weighted by Gasteiger charge is -2.29. The molecule has 1 fully saturated rings. The molecule has 6 heteroatoms. The van der Waals surface area contributed by atoms with Crippen LogP contribution >= 0.6 is 11.6 Å². The van der Waals surface area contributed by atoms with E-state index in [1.807, 2.05) is 0 Å². The lowest BCUT2D eigenvalue weighted by molar-refractivity contribution is -0.125. The van der Waals surface area contributed by atoms with Crippen molar-refractivity contribution in [2.45, 2.75) is 38.6 Å². The molecule has 0 heterocycles. The second kappa shape index (κ2) is 7.58. The minimum Gasteiger partial charge on any atom is -0.452 e. The van der Waals surface area contributed by atoms with Gasteiger partial charge in [-0.1, -0.05) is 31.4 Å². The number of carbonyl (C=O) groups excluding carboxylic acids is 2. The summed E-state index contributed by atoms with van der Waals surface area (Å²) in [7, 11) is 0. The third-order valence-corrected chi connectivity index (χ3v) is 4.18. The van der Waals surface area contributed by atoms with Crippen LogP contribution in [0, 0.1) is 11.7 Å². The zero-order valence-corrected chi connectivity index (χ0v) is 13.2. The Morgan fingerprint density at radius 3 is 2.77 bits per heavy atom. The van der Waals surface area contributed by atoms with Crippen LogP contribution in [0.25, 0.3) is 0 Å². The molecule has 4 nitrogen and oxygen atoms in total. The molecule has 0 saturated heterocycles. The molecule has 1 aromatic carbocycles. The molecule has 120 valence electrons. The normalized spacial score (nSPS) is 21.2. The molecule has 2 rings (SSSR count). The zero-order chi connectivity index (χ0) is 16.1. The Balaban J connectivity index is 1.84. The first kappa shape index (κ1) is 16.7. The summed E-state index contributed by atoms with van der Waals surface area (Å²) >= 11 is 5.62. The molecule has 0 spiro atoms. The van der Waals surface area contributed by atoms with Gasteiger partial charge in [0.05, 0.1) is 5.56 Å². The summed E-state index contributed by atoms with van der Waals surface area (Å²) in [5, 5.41) is 3.06. The van der Waals surface area contributed by atoms with Crippen LogP contribution in [0.5, 0.6) is 0 Å². The quantitative estimate of drug-likeness (QED) is 0.863. The van der Waals surface area contributed by atoms with Gasteiger partial charge in [0, 0.05) is 11.1 Å². The predicted octanol–water partition coefficient (Wildman–Crippen LogP) is 3.33. The second-order valence-electron chi connectivity index (χ2n) is 5.64. The number of carbonyl (C=O) groups is 2. The molecule has 1 N–H and O–H groups in total. The maximum Gasteiger partial charge on any atom is 0.341 e. The number of benzene rings is 1. The van der Waals surface area contributed by atoms with Crippen molar-refractivity contribution < 1.29 is 18.7 Å². The van der Waals surface area contributed by atoms with E-state index in [0.29, 0.717) is 5.92 Å². The molecule has 1 aliphatic rings. The van der Waals surface area contributed by atoms with E-state index in [9.17, 15) is 14.0 Å². The fourth-order valence-electron chi connectivity index (χ4n) is 2.64. The molecule has 0 aromatic heterocycles. The molecule has 0 radical (unpaired) electrons. The molecule has 1 amide bonds. The van der Waals surface area contributed by atoms with Gasteiger partial charge in [0.1, 0.15) is 5.82 Å². The van der Waals surface area contributed by atoms with E-state index in [4.69, 9.17) is 16.3 Å². The van der Waals surface area contributed by atoms with Gasteiger partial charge in [0.15, 0.2) is 6.61 Å². The van der Waals surface area contributed by atoms with E-state index in [2.05, 4.69) is 12.2 Å². The van der Waals surface area contributed by atoms with Crippen LogP contribution in [0.4, 0.5) is 4.39 Å². The summed E-state index contributed by atoms with van der Waals surface area (Å²) in [6.45, 7) is 1.68. The zero-order valence-electron chi connectivity index (χ0n) is 12.4. The third kappa shape index (κ3) is 4.44. The largest absolute Gasteiger partial charge is 0.452 e. The summed E-state index contributed by atoms with van der Waals surface area (Å²) < 4.78 is 18.4. The molecule has 0 bridgehead atoms. The third-order valence-electron chi connectivity index (χ3n) is 3.94. The highest BCUT2D eigenvalue weighted by Crippen LogP contribution is 2.23. The number of esters is 1. The van der Waals surface area contributed by atoms with E-state index >= 15 is 0 Å². The number of hydrogen-bond donors (Lipinski definition) is 1. The molecule has 0 aliphatic heterocycles. The number of nitrogens with one attached hydrogen (secondary N) is 1. The number of amides is 1. The first-order valence-corrected chi connectivity index (χ1v) is 7.76. The lowest BCUT2D eigenvalue weighted by atomic mass is 9.86. The molecule has 1 saturated carbocycles. The van der Waals surface area contributed by atoms with Crippen molar-refractivity contribution in [2.24, 2.45) is 5.92 Å². The van der Waals surface area contributed by atoms with Crippen molar-refractivity contribution in [3.8, 4) is 0 Å². The Bertz CT molecular complexity index is 564. The molecule has 1 aliphatic carbocycles. The average molecular weight is 328 g/mol. The monoisotopic (exact) mass is 327 g/mol. The van der Waals surface area contributed by atoms with Crippen molar-refractivity contribution in [3.05, 3.63) is 34.6 Å². The number of hydrogen-bond acceptors (Lipinski definition) is 3. The smallest absolute Gasteiger partial charge is 0.341 e. The Hall–Kier alpha value is -1.62. The highest BCUT2D eigenvalue weighted by atomic mass is 35.5. The fourth-order valence-corrected chi connectivity index (χ4v) is 2.80. The van der Waals surface area contributed by atoms with Gasteiger partial charge in [0.2, 0.25) is 0 Å². The molecule has 22 heavy (non-hydrogen) atoms. The van der Waals surface area contributed by atoms with Crippen LogP contribution in [0.2, 0.25) is 5.02 Å². The van der Waals surface area contributed by atoms with Gasteiger partial charge in [-0.2, -0.15) is 0 Å². The van der Waals surface area contributed by atoms with Crippen LogP contribution in [0.15, 0.2) is 18.2 Å². The highest BCUT2D eigenvalue weighted by molar-refractivity contribution is 6.30. The molecule has 1 aromatic rings. The van der Waals surface area contributed by atoms with Gasteiger partial charge in [-0.05, 0) is 37.0 Å². The van der Waals surface area contributed by atoms with Gasteiger partial charge in [-0.25, -0.2) is 9.18 Å². The summed E-state index contributed by atoms with van der Waals surface area (Å²) in [4.78, 5) is 23.6. The molecular formula is C16H19ClFNO3. The van der Waals surface area contributed by atoms with Crippen molar-refractivity contribution in [1.82, 2.24) is 5.32 Å². The van der Waals surface area contributed by atoms with Gasteiger partial charge in [-0.3, -0.25) is 4.79 Å². The van der Waals surface area contributed by atoms with Gasteiger partial charge in [0.25, 0.3) is 5.91 Å². The summed E-state index contributed by atoms with van der Waals surface area (Å²) in [6.07, 6.45) is 4.29. The molecule has 0 unspecified atom stereocenters.